The van der Waals surface area contributed by atoms with Gasteiger partial charge in [0.15, 0.2) is 16.6 Å². The van der Waals surface area contributed by atoms with Crippen LogP contribution in [0.5, 0.6) is 11.5 Å². The predicted molar refractivity (Wildman–Crippen MR) is 165 cm³/mol. The van der Waals surface area contributed by atoms with Crippen LogP contribution in [0.1, 0.15) is 29.3 Å². The van der Waals surface area contributed by atoms with Crippen LogP contribution >= 0.6 is 49.9 Å². The lowest BCUT2D eigenvalue weighted by Crippen LogP contribution is -2.20. The Kier molecular flexibility index (Phi) is 10.6. The highest BCUT2D eigenvalue weighted by Gasteiger charge is 2.30. The zero-order valence-corrected chi connectivity index (χ0v) is 26.0. The van der Waals surface area contributed by atoms with Crippen molar-refractivity contribution in [1.29, 1.82) is 0 Å². The van der Waals surface area contributed by atoms with Crippen LogP contribution < -0.4 is 20.2 Å². The van der Waals surface area contributed by atoms with Crippen LogP contribution in [0.4, 0.5) is 24.0 Å². The van der Waals surface area contributed by atoms with Gasteiger partial charge in [0.1, 0.15) is 6.61 Å². The van der Waals surface area contributed by atoms with E-state index in [2.05, 4.69) is 59.3 Å². The van der Waals surface area contributed by atoms with Crippen molar-refractivity contribution in [3.8, 4) is 11.5 Å². The number of ether oxygens (including phenoxy) is 2. The van der Waals surface area contributed by atoms with Crippen molar-refractivity contribution in [1.82, 2.24) is 10.4 Å². The number of hydrogen-bond donors (Lipinski definition) is 2. The second-order valence-corrected chi connectivity index (χ2v) is 11.5. The molecule has 0 aliphatic carbocycles. The molecule has 2 N–H and O–H groups in total. The normalized spacial score (nSPS) is 11.5. The van der Waals surface area contributed by atoms with Gasteiger partial charge in [-0.1, -0.05) is 18.2 Å². The number of hydrazone groups is 1. The number of anilines is 2. The molecular weight excluding hydrogens is 736 g/mol. The molecule has 0 fully saturated rings. The van der Waals surface area contributed by atoms with Gasteiger partial charge in [-0.15, -0.1) is 11.3 Å². The SMILES string of the molecule is CCOc1cc(/C=N\NC(=O)Cc2csc(Nc3cccc(C(F)(F)F)c3)n2)cc(Br)c1OCc1ccc(I)cc1. The summed E-state index contributed by atoms with van der Waals surface area (Å²) in [5.74, 6) is 0.687. The quantitative estimate of drug-likeness (QED) is 0.0923. The van der Waals surface area contributed by atoms with Gasteiger partial charge in [0.05, 0.1) is 35.0 Å². The maximum atomic E-state index is 12.9. The van der Waals surface area contributed by atoms with E-state index in [1.54, 1.807) is 17.5 Å². The number of carbonyl (C=O) groups is 1. The first-order valence-corrected chi connectivity index (χ1v) is 14.9. The summed E-state index contributed by atoms with van der Waals surface area (Å²) in [6, 6.07) is 16.4. The number of hydrogen-bond acceptors (Lipinski definition) is 7. The lowest BCUT2D eigenvalue weighted by Gasteiger charge is -2.14. The fourth-order valence-corrected chi connectivity index (χ4v) is 5.19. The van der Waals surface area contributed by atoms with E-state index in [0.717, 1.165) is 21.3 Å². The van der Waals surface area contributed by atoms with Crippen LogP contribution in [0.2, 0.25) is 0 Å². The number of carbonyl (C=O) groups excluding carboxylic acids is 1. The summed E-state index contributed by atoms with van der Waals surface area (Å²) in [5.41, 5.74) is 4.09. The zero-order chi connectivity index (χ0) is 29.4. The van der Waals surface area contributed by atoms with Gasteiger partial charge in [-0.3, -0.25) is 4.79 Å². The number of thiazole rings is 1. The minimum atomic E-state index is -4.44. The standard InChI is InChI=1S/C28H23BrF3IN4O3S/c1-2-39-24-11-18(10-23(29)26(24)40-15-17-6-8-20(33)9-7-17)14-34-37-25(38)13-22-16-41-27(36-22)35-21-5-3-4-19(12-21)28(30,31)32/h3-12,14,16H,2,13,15H2,1H3,(H,35,36)(H,37,38)/b34-14-. The predicted octanol–water partition coefficient (Wildman–Crippen LogP) is 7.94. The fraction of sp³-hybridized carbons (Fsp3) is 0.179. The van der Waals surface area contributed by atoms with E-state index in [-0.39, 0.29) is 12.1 Å². The molecule has 214 valence electrons. The van der Waals surface area contributed by atoms with Gasteiger partial charge in [-0.2, -0.15) is 18.3 Å². The molecule has 0 bridgehead atoms. The van der Waals surface area contributed by atoms with Crippen molar-refractivity contribution in [3.05, 3.63) is 96.5 Å². The van der Waals surface area contributed by atoms with Crippen molar-refractivity contribution in [3.63, 3.8) is 0 Å². The third-order valence-corrected chi connectivity index (χ3v) is 7.48. The average Bonchev–Trinajstić information content (AvgIpc) is 3.35. The minimum Gasteiger partial charge on any atom is -0.490 e. The second kappa shape index (κ2) is 14.1. The van der Waals surface area contributed by atoms with E-state index < -0.39 is 17.6 Å². The third-order valence-electron chi connectivity index (χ3n) is 5.37. The molecule has 0 aliphatic heterocycles. The van der Waals surface area contributed by atoms with Gasteiger partial charge in [0.2, 0.25) is 5.91 Å². The number of amides is 1. The Balaban J connectivity index is 1.34. The molecule has 41 heavy (non-hydrogen) atoms. The Morgan fingerprint density at radius 2 is 1.93 bits per heavy atom. The van der Waals surface area contributed by atoms with Gasteiger partial charge in [-0.25, -0.2) is 10.4 Å². The molecule has 3 aromatic carbocycles. The van der Waals surface area contributed by atoms with Crippen molar-refractivity contribution in [2.45, 2.75) is 26.1 Å². The highest BCUT2D eigenvalue weighted by molar-refractivity contribution is 14.1. The molecular formula is C28H23BrF3IN4O3S. The Morgan fingerprint density at radius 3 is 2.66 bits per heavy atom. The molecule has 13 heteroatoms. The molecule has 0 spiro atoms. The summed E-state index contributed by atoms with van der Waals surface area (Å²) in [6.45, 7) is 2.67. The summed E-state index contributed by atoms with van der Waals surface area (Å²) in [6.07, 6.45) is -3.02. The lowest BCUT2D eigenvalue weighted by molar-refractivity contribution is -0.137. The van der Waals surface area contributed by atoms with E-state index in [0.29, 0.717) is 45.6 Å². The molecule has 0 unspecified atom stereocenters. The van der Waals surface area contributed by atoms with E-state index >= 15 is 0 Å². The van der Waals surface area contributed by atoms with Crippen LogP contribution in [-0.4, -0.2) is 23.7 Å². The molecule has 4 rings (SSSR count). The van der Waals surface area contributed by atoms with E-state index in [9.17, 15) is 18.0 Å². The first-order valence-electron chi connectivity index (χ1n) is 12.1. The zero-order valence-electron chi connectivity index (χ0n) is 21.5. The van der Waals surface area contributed by atoms with E-state index in [1.165, 1.54) is 29.7 Å². The van der Waals surface area contributed by atoms with Gasteiger partial charge < -0.3 is 14.8 Å². The summed E-state index contributed by atoms with van der Waals surface area (Å²) in [5, 5.41) is 8.89. The monoisotopic (exact) mass is 758 g/mol. The number of rotatable bonds is 11. The summed E-state index contributed by atoms with van der Waals surface area (Å²) >= 11 is 6.96. The molecule has 1 amide bonds. The Labute approximate surface area is 260 Å². The maximum Gasteiger partial charge on any atom is 0.416 e. The highest BCUT2D eigenvalue weighted by atomic mass is 127. The highest BCUT2D eigenvalue weighted by Crippen LogP contribution is 2.37. The molecule has 0 radical (unpaired) electrons. The lowest BCUT2D eigenvalue weighted by atomic mass is 10.2. The minimum absolute atomic E-state index is 0.0582. The molecule has 0 saturated carbocycles. The maximum absolute atomic E-state index is 12.9. The molecule has 0 aliphatic rings. The molecule has 0 atom stereocenters. The molecule has 1 aromatic heterocycles. The van der Waals surface area contributed by atoms with Crippen molar-refractivity contribution >= 4 is 72.8 Å². The number of halogens is 5. The number of alkyl halides is 3. The molecule has 4 aromatic rings. The van der Waals surface area contributed by atoms with Gasteiger partial charge in [0.25, 0.3) is 0 Å². The number of nitrogens with zero attached hydrogens (tertiary/aromatic N) is 2. The molecule has 7 nitrogen and oxygen atoms in total. The van der Waals surface area contributed by atoms with Crippen LogP contribution in [0.25, 0.3) is 0 Å². The number of nitrogens with one attached hydrogen (secondary N) is 2. The van der Waals surface area contributed by atoms with Gasteiger partial charge in [0, 0.05) is 14.6 Å². The van der Waals surface area contributed by atoms with Gasteiger partial charge >= 0.3 is 6.18 Å². The molecule has 1 heterocycles. The first-order chi connectivity index (χ1) is 19.6. The Hall–Kier alpha value is -3.17. The Morgan fingerprint density at radius 1 is 1.15 bits per heavy atom. The van der Waals surface area contributed by atoms with Crippen LogP contribution in [-0.2, 0) is 24.0 Å². The average molecular weight is 759 g/mol. The fourth-order valence-electron chi connectivity index (χ4n) is 3.53. The van der Waals surface area contributed by atoms with Crippen LogP contribution in [0.15, 0.2) is 75.6 Å². The topological polar surface area (TPSA) is 84.8 Å². The third kappa shape index (κ3) is 9.16. The number of benzene rings is 3. The summed E-state index contributed by atoms with van der Waals surface area (Å²) < 4.78 is 52.4. The molecule has 0 saturated heterocycles. The summed E-state index contributed by atoms with van der Waals surface area (Å²) in [4.78, 5) is 16.7. The summed E-state index contributed by atoms with van der Waals surface area (Å²) in [7, 11) is 0. The second-order valence-electron chi connectivity index (χ2n) is 8.50. The van der Waals surface area contributed by atoms with Crippen LogP contribution in [0, 0.1) is 3.57 Å². The van der Waals surface area contributed by atoms with Crippen molar-refractivity contribution < 1.29 is 27.4 Å². The van der Waals surface area contributed by atoms with Crippen LogP contribution in [0.3, 0.4) is 0 Å². The number of aromatic nitrogens is 1. The van der Waals surface area contributed by atoms with Crippen molar-refractivity contribution in [2.24, 2.45) is 5.10 Å². The van der Waals surface area contributed by atoms with E-state index in [1.807, 2.05) is 31.2 Å². The largest absolute Gasteiger partial charge is 0.490 e. The van der Waals surface area contributed by atoms with E-state index in [4.69, 9.17) is 9.47 Å². The smallest absolute Gasteiger partial charge is 0.416 e. The van der Waals surface area contributed by atoms with Crippen molar-refractivity contribution in [2.75, 3.05) is 11.9 Å². The Bertz CT molecular complexity index is 1530. The van der Waals surface area contributed by atoms with Gasteiger partial charge in [-0.05, 0) is 99.0 Å². The first kappa shape index (κ1) is 30.8.